The number of ketones is 2. The van der Waals surface area contributed by atoms with Crippen LogP contribution in [0, 0.1) is 17.8 Å². The summed E-state index contributed by atoms with van der Waals surface area (Å²) in [6, 6.07) is 1.31. The van der Waals surface area contributed by atoms with E-state index in [0.717, 1.165) is 12.8 Å². The van der Waals surface area contributed by atoms with Crippen LogP contribution in [0.2, 0.25) is 0 Å². The number of aromatic hydroxyl groups is 1. The molecular weight excluding hydrogens is 574 g/mol. The Hall–Kier alpha value is -4.23. The van der Waals surface area contributed by atoms with Crippen LogP contribution in [0.4, 0.5) is 5.69 Å². The fourth-order valence-corrected chi connectivity index (χ4v) is 7.58. The van der Waals surface area contributed by atoms with Gasteiger partial charge in [-0.2, -0.15) is 0 Å². The number of ether oxygens (including phenoxy) is 1. The number of hydrogen-bond acceptors (Lipinski definition) is 11. The normalized spacial score (nSPS) is 30.2. The summed E-state index contributed by atoms with van der Waals surface area (Å²) < 4.78 is 5.86. The predicted octanol–water partition coefficient (Wildman–Crippen LogP) is 1.74. The number of carbonyl (C=O) groups excluding carboxylic acids is 5. The van der Waals surface area contributed by atoms with Crippen molar-refractivity contribution in [2.75, 3.05) is 19.4 Å². The molecule has 4 aliphatic rings. The van der Waals surface area contributed by atoms with E-state index in [1.807, 2.05) is 0 Å². The van der Waals surface area contributed by atoms with Crippen LogP contribution in [0.1, 0.15) is 67.8 Å². The van der Waals surface area contributed by atoms with E-state index < -0.39 is 87.4 Å². The number of esters is 1. The fourth-order valence-electron chi connectivity index (χ4n) is 7.58. The minimum Gasteiger partial charge on any atom is -0.510 e. The molecule has 0 aliphatic heterocycles. The van der Waals surface area contributed by atoms with E-state index in [2.05, 4.69) is 5.32 Å². The Morgan fingerprint density at radius 1 is 1.11 bits per heavy atom. The molecule has 236 valence electrons. The third-order valence-electron chi connectivity index (χ3n) is 9.62. The minimum atomic E-state index is -3.02. The van der Waals surface area contributed by atoms with E-state index in [4.69, 9.17) is 10.5 Å². The number of carbonyl (C=O) groups is 5. The van der Waals surface area contributed by atoms with Gasteiger partial charge in [-0.05, 0) is 50.6 Å². The maximum atomic E-state index is 14.2. The highest BCUT2D eigenvalue weighted by molar-refractivity contribution is 6.25. The predicted molar refractivity (Wildman–Crippen MR) is 155 cm³/mol. The summed E-state index contributed by atoms with van der Waals surface area (Å²) in [5.74, 6) is -11.0. The Bertz CT molecular complexity index is 1540. The second-order valence-electron chi connectivity index (χ2n) is 12.3. The number of amides is 2. The van der Waals surface area contributed by atoms with Gasteiger partial charge in [-0.1, -0.05) is 26.7 Å². The standard InChI is InChI=1S/C31H37N3O10/c1-5-16(36)44-26-18-12(2)17-14(33-30(42)13-8-6-7-9-13)10-11-15(35)19(17)24(37)20(18)27(39)31(43)22(26)23(34(3)4)25(38)21(28(31)40)29(32)41/h10-13,18,22-23,26,35,38-39,43H,5-9H2,1-4H3,(H2,32,41)(H,33,42)/t12-,18+,22+,23-,26-,31-/m1/s1. The summed E-state index contributed by atoms with van der Waals surface area (Å²) >= 11 is 0. The molecule has 0 spiro atoms. The van der Waals surface area contributed by atoms with Crippen LogP contribution in [0.25, 0.3) is 0 Å². The van der Waals surface area contributed by atoms with Crippen molar-refractivity contribution in [3.05, 3.63) is 45.9 Å². The Morgan fingerprint density at radius 2 is 1.75 bits per heavy atom. The number of nitrogens with two attached hydrogens (primary N) is 1. The number of likely N-dealkylation sites (N-methyl/N-ethyl adjacent to an activating group) is 1. The molecule has 1 fully saturated rings. The zero-order chi connectivity index (χ0) is 32.4. The first-order valence-electron chi connectivity index (χ1n) is 14.7. The van der Waals surface area contributed by atoms with E-state index in [0.29, 0.717) is 12.8 Å². The van der Waals surface area contributed by atoms with E-state index in [1.54, 1.807) is 6.92 Å². The van der Waals surface area contributed by atoms with Gasteiger partial charge in [-0.25, -0.2) is 0 Å². The molecule has 0 bridgehead atoms. The molecule has 6 atom stereocenters. The molecule has 0 heterocycles. The van der Waals surface area contributed by atoms with Gasteiger partial charge < -0.3 is 36.2 Å². The number of primary amides is 1. The monoisotopic (exact) mass is 611 g/mol. The topological polar surface area (TPSA) is 217 Å². The summed E-state index contributed by atoms with van der Waals surface area (Å²) in [6.07, 6.45) is 1.61. The number of phenols is 1. The third kappa shape index (κ3) is 4.40. The SMILES string of the molecule is CCC(=O)O[C@@H]1[C@@H]2C(=C(O)[C@@]3(O)C(=O)C(C(N)=O)=C(O)[C@H](N(C)C)[C@@H]13)C(=O)c1c(O)ccc(NC(=O)C3CCCC3)c1[C@H]2C. The Balaban J connectivity index is 1.78. The van der Waals surface area contributed by atoms with Gasteiger partial charge in [-0.15, -0.1) is 0 Å². The maximum absolute atomic E-state index is 14.2. The van der Waals surface area contributed by atoms with E-state index >= 15 is 0 Å². The lowest BCUT2D eigenvalue weighted by molar-refractivity contribution is -0.180. The van der Waals surface area contributed by atoms with Crippen molar-refractivity contribution in [1.29, 1.82) is 0 Å². The first-order chi connectivity index (χ1) is 20.7. The number of nitrogens with one attached hydrogen (secondary N) is 1. The van der Waals surface area contributed by atoms with Crippen molar-refractivity contribution in [2.45, 2.75) is 69.6 Å². The van der Waals surface area contributed by atoms with E-state index in [1.165, 1.54) is 38.1 Å². The molecule has 0 aromatic heterocycles. The molecule has 5 rings (SSSR count). The molecule has 13 heteroatoms. The quantitative estimate of drug-likeness (QED) is 0.155. The highest BCUT2D eigenvalue weighted by Gasteiger charge is 2.68. The van der Waals surface area contributed by atoms with Gasteiger partial charge in [0.15, 0.2) is 11.4 Å². The third-order valence-corrected chi connectivity index (χ3v) is 9.62. The molecule has 1 saturated carbocycles. The summed E-state index contributed by atoms with van der Waals surface area (Å²) in [4.78, 5) is 67.7. The van der Waals surface area contributed by atoms with Crippen LogP contribution >= 0.6 is 0 Å². The lowest BCUT2D eigenvalue weighted by Crippen LogP contribution is -2.69. The van der Waals surface area contributed by atoms with Crippen molar-refractivity contribution in [3.63, 3.8) is 0 Å². The van der Waals surface area contributed by atoms with Crippen LogP contribution in [0.15, 0.2) is 34.8 Å². The largest absolute Gasteiger partial charge is 0.510 e. The van der Waals surface area contributed by atoms with Gasteiger partial charge in [0.05, 0.1) is 17.5 Å². The number of nitrogens with zero attached hydrogens (tertiary/aromatic N) is 1. The second kappa shape index (κ2) is 11.0. The zero-order valence-corrected chi connectivity index (χ0v) is 24.9. The lowest BCUT2D eigenvalue weighted by Gasteiger charge is -2.54. The Kier molecular flexibility index (Phi) is 7.83. The summed E-state index contributed by atoms with van der Waals surface area (Å²) in [5, 5.41) is 48.7. The van der Waals surface area contributed by atoms with Gasteiger partial charge in [-0.3, -0.25) is 28.9 Å². The maximum Gasteiger partial charge on any atom is 0.305 e. The molecule has 0 unspecified atom stereocenters. The average Bonchev–Trinajstić information content (AvgIpc) is 3.50. The first-order valence-corrected chi connectivity index (χ1v) is 14.7. The second-order valence-corrected chi connectivity index (χ2v) is 12.3. The highest BCUT2D eigenvalue weighted by Crippen LogP contribution is 2.57. The molecule has 7 N–H and O–H groups in total. The molecule has 2 amide bonds. The van der Waals surface area contributed by atoms with Crippen molar-refractivity contribution in [1.82, 2.24) is 4.90 Å². The number of benzene rings is 1. The lowest BCUT2D eigenvalue weighted by atomic mass is 9.55. The molecule has 1 aromatic carbocycles. The number of hydrogen-bond donors (Lipinski definition) is 6. The highest BCUT2D eigenvalue weighted by atomic mass is 16.5. The first kappa shape index (κ1) is 31.2. The molecule has 1 aromatic rings. The zero-order valence-electron chi connectivity index (χ0n) is 24.9. The van der Waals surface area contributed by atoms with Crippen LogP contribution in [0.5, 0.6) is 5.75 Å². The number of phenolic OH excluding ortho intramolecular Hbond substituents is 1. The smallest absolute Gasteiger partial charge is 0.305 e. The van der Waals surface area contributed by atoms with Gasteiger partial charge in [0.1, 0.15) is 28.9 Å². The Morgan fingerprint density at radius 3 is 2.32 bits per heavy atom. The molecule has 13 nitrogen and oxygen atoms in total. The van der Waals surface area contributed by atoms with Crippen molar-refractivity contribution < 1.29 is 49.1 Å². The number of anilines is 1. The number of aliphatic hydroxyl groups is 3. The van der Waals surface area contributed by atoms with Crippen molar-refractivity contribution in [2.24, 2.45) is 23.5 Å². The molecule has 0 radical (unpaired) electrons. The van der Waals surface area contributed by atoms with Crippen LogP contribution in [0.3, 0.4) is 0 Å². The van der Waals surface area contributed by atoms with Crippen LogP contribution < -0.4 is 11.1 Å². The summed E-state index contributed by atoms with van der Waals surface area (Å²) in [5.41, 5.74) is 1.14. The fraction of sp³-hybridized carbons (Fsp3) is 0.516. The number of rotatable bonds is 6. The van der Waals surface area contributed by atoms with E-state index in [-0.39, 0.29) is 35.1 Å². The minimum absolute atomic E-state index is 0.128. The average molecular weight is 612 g/mol. The number of Topliss-reactive ketones (excluding diaryl/α,β-unsaturated/α-hetero) is 2. The van der Waals surface area contributed by atoms with Crippen LogP contribution in [-0.4, -0.2) is 86.5 Å². The number of aliphatic hydroxyl groups excluding tert-OH is 2. The Labute approximate surface area is 253 Å². The van der Waals surface area contributed by atoms with Gasteiger partial charge in [0, 0.05) is 29.5 Å². The molecule has 0 saturated heterocycles. The summed E-state index contributed by atoms with van der Waals surface area (Å²) in [7, 11) is 2.95. The molecule has 4 aliphatic carbocycles. The van der Waals surface area contributed by atoms with Crippen LogP contribution in [-0.2, 0) is 23.9 Å². The number of fused-ring (bicyclic) bond motifs is 3. The van der Waals surface area contributed by atoms with Gasteiger partial charge in [0.2, 0.25) is 11.7 Å². The van der Waals surface area contributed by atoms with Crippen molar-refractivity contribution >= 4 is 35.0 Å². The molecule has 44 heavy (non-hydrogen) atoms. The summed E-state index contributed by atoms with van der Waals surface area (Å²) in [6.45, 7) is 3.16. The molecular formula is C31H37N3O10. The van der Waals surface area contributed by atoms with Gasteiger partial charge in [0.25, 0.3) is 5.91 Å². The van der Waals surface area contributed by atoms with Crippen molar-refractivity contribution in [3.8, 4) is 5.75 Å². The van der Waals surface area contributed by atoms with E-state index in [9.17, 15) is 44.4 Å². The van der Waals surface area contributed by atoms with Gasteiger partial charge >= 0.3 is 5.97 Å².